The van der Waals surface area contributed by atoms with Crippen molar-refractivity contribution < 1.29 is 9.47 Å². The van der Waals surface area contributed by atoms with E-state index in [1.807, 2.05) is 12.1 Å². The van der Waals surface area contributed by atoms with Gasteiger partial charge in [-0.2, -0.15) is 0 Å². The van der Waals surface area contributed by atoms with E-state index in [4.69, 9.17) is 9.47 Å². The van der Waals surface area contributed by atoms with Gasteiger partial charge in [0.05, 0.1) is 14.2 Å². The Balaban J connectivity index is 2.01. The van der Waals surface area contributed by atoms with Gasteiger partial charge < -0.3 is 19.4 Å². The van der Waals surface area contributed by atoms with E-state index in [-0.39, 0.29) is 6.04 Å². The molecule has 0 radical (unpaired) electrons. The average molecular weight is 288 g/mol. The molecule has 1 atom stereocenters. The van der Waals surface area contributed by atoms with Gasteiger partial charge >= 0.3 is 0 Å². The molecule has 4 nitrogen and oxygen atoms in total. The Bertz CT molecular complexity index is 578. The smallest absolute Gasteiger partial charge is 0.161 e. The fraction of sp³-hybridized carbons (Fsp3) is 0.412. The maximum absolute atomic E-state index is 5.35. The van der Waals surface area contributed by atoms with Crippen LogP contribution in [0.15, 0.2) is 36.7 Å². The summed E-state index contributed by atoms with van der Waals surface area (Å²) in [7, 11) is 3.31. The Morgan fingerprint density at radius 3 is 2.52 bits per heavy atom. The second kappa shape index (κ2) is 7.18. The molecular formula is C17H24N2O2. The van der Waals surface area contributed by atoms with Crippen LogP contribution in [-0.4, -0.2) is 18.8 Å². The van der Waals surface area contributed by atoms with E-state index in [0.29, 0.717) is 0 Å². The number of nitrogens with zero attached hydrogens (tertiary/aromatic N) is 1. The molecule has 2 rings (SSSR count). The SMILES string of the molecule is CCn1ccc(CNC(C)c2ccc(OC)c(OC)c2)c1. The lowest BCUT2D eigenvalue weighted by Crippen LogP contribution is -2.17. The van der Waals surface area contributed by atoms with Crippen LogP contribution in [0.25, 0.3) is 0 Å². The van der Waals surface area contributed by atoms with Gasteiger partial charge in [-0.1, -0.05) is 6.07 Å². The van der Waals surface area contributed by atoms with E-state index in [1.54, 1.807) is 14.2 Å². The Hall–Kier alpha value is -1.94. The Morgan fingerprint density at radius 2 is 1.90 bits per heavy atom. The van der Waals surface area contributed by atoms with Gasteiger partial charge in [0.15, 0.2) is 11.5 Å². The number of hydrogen-bond donors (Lipinski definition) is 1. The molecule has 0 bridgehead atoms. The van der Waals surface area contributed by atoms with E-state index in [0.717, 1.165) is 24.6 Å². The summed E-state index contributed by atoms with van der Waals surface area (Å²) in [5, 5.41) is 3.53. The van der Waals surface area contributed by atoms with E-state index in [2.05, 4.69) is 48.3 Å². The minimum Gasteiger partial charge on any atom is -0.493 e. The zero-order valence-electron chi connectivity index (χ0n) is 13.2. The molecular weight excluding hydrogens is 264 g/mol. The number of aromatic nitrogens is 1. The summed E-state index contributed by atoms with van der Waals surface area (Å²) in [6, 6.07) is 8.43. The van der Waals surface area contributed by atoms with Crippen LogP contribution in [0.3, 0.4) is 0 Å². The van der Waals surface area contributed by atoms with Crippen molar-refractivity contribution in [2.24, 2.45) is 0 Å². The van der Waals surface area contributed by atoms with Crippen molar-refractivity contribution in [2.45, 2.75) is 33.0 Å². The highest BCUT2D eigenvalue weighted by atomic mass is 16.5. The third kappa shape index (κ3) is 3.79. The van der Waals surface area contributed by atoms with Gasteiger partial charge in [0.1, 0.15) is 0 Å². The van der Waals surface area contributed by atoms with Crippen LogP contribution < -0.4 is 14.8 Å². The standard InChI is InChI=1S/C17H24N2O2/c1-5-19-9-8-14(12-19)11-18-13(2)15-6-7-16(20-3)17(10-15)21-4/h6-10,12-13,18H,5,11H2,1-4H3. The molecule has 1 aromatic heterocycles. The largest absolute Gasteiger partial charge is 0.493 e. The van der Waals surface area contributed by atoms with Crippen molar-refractivity contribution in [1.29, 1.82) is 0 Å². The highest BCUT2D eigenvalue weighted by molar-refractivity contribution is 5.43. The highest BCUT2D eigenvalue weighted by Crippen LogP contribution is 2.29. The number of ether oxygens (including phenoxy) is 2. The van der Waals surface area contributed by atoms with Gasteiger partial charge in [-0.15, -0.1) is 0 Å². The zero-order chi connectivity index (χ0) is 15.2. The predicted molar refractivity (Wildman–Crippen MR) is 84.9 cm³/mol. The summed E-state index contributed by atoms with van der Waals surface area (Å²) in [4.78, 5) is 0. The molecule has 1 heterocycles. The van der Waals surface area contributed by atoms with Crippen molar-refractivity contribution in [3.63, 3.8) is 0 Å². The summed E-state index contributed by atoms with van der Waals surface area (Å²) in [6.45, 7) is 6.15. The summed E-state index contributed by atoms with van der Waals surface area (Å²) in [5.74, 6) is 1.52. The number of nitrogens with one attached hydrogen (secondary N) is 1. The Morgan fingerprint density at radius 1 is 1.14 bits per heavy atom. The first-order chi connectivity index (χ1) is 10.2. The quantitative estimate of drug-likeness (QED) is 0.848. The molecule has 0 amide bonds. The van der Waals surface area contributed by atoms with Crippen molar-refractivity contribution in [3.8, 4) is 11.5 Å². The van der Waals surface area contributed by atoms with E-state index < -0.39 is 0 Å². The molecule has 2 aromatic rings. The second-order valence-electron chi connectivity index (χ2n) is 5.07. The molecule has 21 heavy (non-hydrogen) atoms. The van der Waals surface area contributed by atoms with E-state index in [1.165, 1.54) is 11.1 Å². The summed E-state index contributed by atoms with van der Waals surface area (Å²) in [5.41, 5.74) is 2.48. The maximum Gasteiger partial charge on any atom is 0.161 e. The molecule has 0 aliphatic carbocycles. The molecule has 0 aliphatic rings. The molecule has 1 aromatic carbocycles. The van der Waals surface area contributed by atoms with Gasteiger partial charge in [-0.05, 0) is 43.2 Å². The summed E-state index contributed by atoms with van der Waals surface area (Å²) >= 11 is 0. The van der Waals surface area contributed by atoms with Crippen LogP contribution in [-0.2, 0) is 13.1 Å². The lowest BCUT2D eigenvalue weighted by Gasteiger charge is -2.16. The molecule has 0 saturated heterocycles. The number of hydrogen-bond acceptors (Lipinski definition) is 3. The van der Waals surface area contributed by atoms with E-state index >= 15 is 0 Å². The Labute approximate surface area is 126 Å². The number of rotatable bonds is 7. The molecule has 0 fully saturated rings. The number of methoxy groups -OCH3 is 2. The van der Waals surface area contributed by atoms with Crippen LogP contribution in [0.1, 0.15) is 31.0 Å². The van der Waals surface area contributed by atoms with Crippen LogP contribution in [0.2, 0.25) is 0 Å². The highest BCUT2D eigenvalue weighted by Gasteiger charge is 2.10. The van der Waals surface area contributed by atoms with Gasteiger partial charge in [-0.3, -0.25) is 0 Å². The third-order valence-electron chi connectivity index (χ3n) is 3.70. The van der Waals surface area contributed by atoms with Gasteiger partial charge in [-0.25, -0.2) is 0 Å². The molecule has 0 aliphatic heterocycles. The number of aryl methyl sites for hydroxylation is 1. The third-order valence-corrected chi connectivity index (χ3v) is 3.70. The summed E-state index contributed by atoms with van der Waals surface area (Å²) < 4.78 is 12.8. The van der Waals surface area contributed by atoms with Crippen LogP contribution >= 0.6 is 0 Å². The molecule has 0 spiro atoms. The number of benzene rings is 1. The van der Waals surface area contributed by atoms with Crippen LogP contribution in [0, 0.1) is 0 Å². The second-order valence-corrected chi connectivity index (χ2v) is 5.07. The minimum atomic E-state index is 0.245. The van der Waals surface area contributed by atoms with Gasteiger partial charge in [0, 0.05) is 31.5 Å². The molecule has 1 unspecified atom stereocenters. The zero-order valence-corrected chi connectivity index (χ0v) is 13.2. The first-order valence-corrected chi connectivity index (χ1v) is 7.28. The fourth-order valence-electron chi connectivity index (χ4n) is 2.30. The first-order valence-electron chi connectivity index (χ1n) is 7.28. The Kier molecular flexibility index (Phi) is 5.28. The normalized spacial score (nSPS) is 12.2. The van der Waals surface area contributed by atoms with Crippen molar-refractivity contribution in [2.75, 3.05) is 14.2 Å². The fourth-order valence-corrected chi connectivity index (χ4v) is 2.30. The maximum atomic E-state index is 5.35. The first kappa shape index (κ1) is 15.4. The topological polar surface area (TPSA) is 35.4 Å². The lowest BCUT2D eigenvalue weighted by atomic mass is 10.1. The van der Waals surface area contributed by atoms with Gasteiger partial charge in [0.25, 0.3) is 0 Å². The molecule has 114 valence electrons. The van der Waals surface area contributed by atoms with Gasteiger partial charge in [0.2, 0.25) is 0 Å². The van der Waals surface area contributed by atoms with Crippen molar-refractivity contribution >= 4 is 0 Å². The van der Waals surface area contributed by atoms with Crippen molar-refractivity contribution in [1.82, 2.24) is 9.88 Å². The average Bonchev–Trinajstić information content (AvgIpc) is 2.99. The monoisotopic (exact) mass is 288 g/mol. The summed E-state index contributed by atoms with van der Waals surface area (Å²) in [6.07, 6.45) is 4.28. The van der Waals surface area contributed by atoms with Crippen LogP contribution in [0.5, 0.6) is 11.5 Å². The van der Waals surface area contributed by atoms with Crippen molar-refractivity contribution in [3.05, 3.63) is 47.8 Å². The predicted octanol–water partition coefficient (Wildman–Crippen LogP) is 3.38. The van der Waals surface area contributed by atoms with Crippen LogP contribution in [0.4, 0.5) is 0 Å². The molecule has 0 saturated carbocycles. The van der Waals surface area contributed by atoms with E-state index in [9.17, 15) is 0 Å². The molecule has 4 heteroatoms. The minimum absolute atomic E-state index is 0.245. The molecule has 1 N–H and O–H groups in total. The lowest BCUT2D eigenvalue weighted by molar-refractivity contribution is 0.354.